The van der Waals surface area contributed by atoms with E-state index >= 15 is 0 Å². The van der Waals surface area contributed by atoms with Crippen molar-refractivity contribution in [1.82, 2.24) is 14.5 Å². The average molecular weight is 499 g/mol. The van der Waals surface area contributed by atoms with Crippen LogP contribution >= 0.6 is 11.6 Å². The Hall–Kier alpha value is -2.70. The van der Waals surface area contributed by atoms with Gasteiger partial charge in [0.2, 0.25) is 0 Å². The summed E-state index contributed by atoms with van der Waals surface area (Å²) in [4.78, 5) is 20.2. The van der Waals surface area contributed by atoms with Gasteiger partial charge in [-0.3, -0.25) is 9.36 Å². The van der Waals surface area contributed by atoms with Gasteiger partial charge in [-0.05, 0) is 61.3 Å². The summed E-state index contributed by atoms with van der Waals surface area (Å²) in [5.74, 6) is 0.760. The molecule has 0 saturated carbocycles. The molecule has 0 radical (unpaired) electrons. The first-order valence-corrected chi connectivity index (χ1v) is 13.0. The lowest BCUT2D eigenvalue weighted by atomic mass is 10.0. The molecule has 2 aromatic carbocycles. The van der Waals surface area contributed by atoms with Crippen LogP contribution in [0.25, 0.3) is 23.1 Å². The number of benzene rings is 2. The van der Waals surface area contributed by atoms with Crippen molar-refractivity contribution < 1.29 is 4.39 Å². The number of hydrogen-bond donors (Lipinski definition) is 1. The van der Waals surface area contributed by atoms with E-state index in [1.165, 1.54) is 16.2 Å². The van der Waals surface area contributed by atoms with Crippen molar-refractivity contribution in [3.63, 3.8) is 0 Å². The summed E-state index contributed by atoms with van der Waals surface area (Å²) in [6.07, 6.45) is 4.64. The molecule has 0 bridgehead atoms. The molecule has 0 aliphatic heterocycles. The van der Waals surface area contributed by atoms with Gasteiger partial charge in [-0.25, -0.2) is 9.37 Å². The van der Waals surface area contributed by atoms with Crippen molar-refractivity contribution in [3.8, 4) is 0 Å². The summed E-state index contributed by atoms with van der Waals surface area (Å²) in [7, 11) is 0. The first kappa shape index (κ1) is 26.9. The van der Waals surface area contributed by atoms with Crippen LogP contribution < -0.4 is 10.9 Å². The zero-order chi connectivity index (χ0) is 25.4. The van der Waals surface area contributed by atoms with E-state index in [2.05, 4.69) is 50.0 Å². The molecule has 35 heavy (non-hydrogen) atoms. The smallest absolute Gasteiger partial charge is 0.261 e. The number of hydrogen-bond acceptors (Lipinski definition) is 4. The van der Waals surface area contributed by atoms with Gasteiger partial charge in [0, 0.05) is 19.0 Å². The van der Waals surface area contributed by atoms with Crippen molar-refractivity contribution in [2.75, 3.05) is 37.4 Å². The standard InChI is InChI=1S/C28H36ClFN4O/c1-5-33(6-2)16-7-15-31-26-19-25-23(18-24(26)30)28(35)34(17-14-29)27(32-25)13-10-21-8-11-22(12-9-21)20(3)4/h8-13,18-20,31H,5-7,14-17H2,1-4H3. The van der Waals surface area contributed by atoms with Crippen LogP contribution in [0, 0.1) is 5.82 Å². The predicted molar refractivity (Wildman–Crippen MR) is 147 cm³/mol. The normalized spacial score (nSPS) is 11.9. The summed E-state index contributed by atoms with van der Waals surface area (Å²) in [5.41, 5.74) is 2.80. The molecule has 0 spiro atoms. The number of nitrogens with one attached hydrogen (secondary N) is 1. The Morgan fingerprint density at radius 1 is 1.14 bits per heavy atom. The van der Waals surface area contributed by atoms with Crippen LogP contribution in [0.15, 0.2) is 41.2 Å². The molecule has 0 saturated heterocycles. The number of alkyl halides is 1. The highest BCUT2D eigenvalue weighted by molar-refractivity contribution is 6.17. The Kier molecular flexibility index (Phi) is 9.87. The second kappa shape index (κ2) is 12.8. The van der Waals surface area contributed by atoms with E-state index in [9.17, 15) is 9.18 Å². The van der Waals surface area contributed by atoms with E-state index in [0.717, 1.165) is 31.6 Å². The molecular weight excluding hydrogens is 463 g/mol. The predicted octanol–water partition coefficient (Wildman–Crippen LogP) is 6.21. The van der Waals surface area contributed by atoms with Crippen molar-refractivity contribution in [1.29, 1.82) is 0 Å². The van der Waals surface area contributed by atoms with Crippen LogP contribution in [0.2, 0.25) is 0 Å². The van der Waals surface area contributed by atoms with Crippen LogP contribution in [0.5, 0.6) is 0 Å². The highest BCUT2D eigenvalue weighted by Crippen LogP contribution is 2.21. The van der Waals surface area contributed by atoms with E-state index < -0.39 is 5.82 Å². The van der Waals surface area contributed by atoms with E-state index in [1.807, 2.05) is 24.3 Å². The fourth-order valence-electron chi connectivity index (χ4n) is 4.05. The lowest BCUT2D eigenvalue weighted by Gasteiger charge is -2.18. The number of aromatic nitrogens is 2. The topological polar surface area (TPSA) is 50.2 Å². The van der Waals surface area contributed by atoms with E-state index in [1.54, 1.807) is 6.07 Å². The Bertz CT molecular complexity index is 1200. The molecule has 5 nitrogen and oxygen atoms in total. The first-order chi connectivity index (χ1) is 16.9. The van der Waals surface area contributed by atoms with Crippen LogP contribution in [0.1, 0.15) is 57.0 Å². The quantitative estimate of drug-likeness (QED) is 0.238. The maximum absolute atomic E-state index is 14.8. The molecule has 0 unspecified atom stereocenters. The molecule has 0 amide bonds. The van der Waals surface area contributed by atoms with Crippen LogP contribution in [0.4, 0.5) is 10.1 Å². The minimum atomic E-state index is -0.454. The maximum atomic E-state index is 14.8. The molecular formula is C28H36ClFN4O. The van der Waals surface area contributed by atoms with Crippen LogP contribution in [0.3, 0.4) is 0 Å². The van der Waals surface area contributed by atoms with Gasteiger partial charge in [0.15, 0.2) is 0 Å². The number of rotatable bonds is 12. The summed E-state index contributed by atoms with van der Waals surface area (Å²) in [5, 5.41) is 3.42. The van der Waals surface area contributed by atoms with Crippen molar-refractivity contribution in [3.05, 3.63) is 69.5 Å². The second-order valence-electron chi connectivity index (χ2n) is 8.93. The summed E-state index contributed by atoms with van der Waals surface area (Å²) < 4.78 is 16.3. The van der Waals surface area contributed by atoms with Gasteiger partial charge in [0.05, 0.1) is 16.6 Å². The number of halogens is 2. The van der Waals surface area contributed by atoms with E-state index in [0.29, 0.717) is 36.0 Å². The number of nitrogens with zero attached hydrogens (tertiary/aromatic N) is 3. The molecule has 1 N–H and O–H groups in total. The highest BCUT2D eigenvalue weighted by atomic mass is 35.5. The lowest BCUT2D eigenvalue weighted by Crippen LogP contribution is -2.26. The molecule has 0 aliphatic rings. The van der Waals surface area contributed by atoms with Crippen molar-refractivity contribution in [2.24, 2.45) is 0 Å². The Labute approximate surface area is 212 Å². The van der Waals surface area contributed by atoms with Crippen LogP contribution in [-0.4, -0.2) is 46.5 Å². The van der Waals surface area contributed by atoms with Gasteiger partial charge in [0.25, 0.3) is 5.56 Å². The fraction of sp³-hybridized carbons (Fsp3) is 0.429. The van der Waals surface area contributed by atoms with Gasteiger partial charge >= 0.3 is 0 Å². The second-order valence-corrected chi connectivity index (χ2v) is 9.30. The molecule has 3 aromatic rings. The van der Waals surface area contributed by atoms with Gasteiger partial charge < -0.3 is 10.2 Å². The Balaban J connectivity index is 1.89. The third kappa shape index (κ3) is 6.92. The molecule has 1 aromatic heterocycles. The molecule has 3 rings (SSSR count). The van der Waals surface area contributed by atoms with E-state index in [4.69, 9.17) is 16.6 Å². The molecule has 7 heteroatoms. The molecule has 1 heterocycles. The third-order valence-electron chi connectivity index (χ3n) is 6.27. The average Bonchev–Trinajstić information content (AvgIpc) is 2.86. The van der Waals surface area contributed by atoms with Gasteiger partial charge in [-0.1, -0.05) is 58.0 Å². The maximum Gasteiger partial charge on any atom is 0.261 e. The lowest BCUT2D eigenvalue weighted by molar-refractivity contribution is 0.303. The van der Waals surface area contributed by atoms with Crippen molar-refractivity contribution >= 4 is 40.3 Å². The zero-order valence-corrected chi connectivity index (χ0v) is 21.9. The summed E-state index contributed by atoms with van der Waals surface area (Å²) in [6.45, 7) is 12.5. The minimum absolute atomic E-state index is 0.250. The van der Waals surface area contributed by atoms with E-state index in [-0.39, 0.29) is 16.8 Å². The Morgan fingerprint density at radius 2 is 1.86 bits per heavy atom. The fourth-order valence-corrected chi connectivity index (χ4v) is 4.22. The molecule has 0 fully saturated rings. The van der Waals surface area contributed by atoms with Gasteiger partial charge in [0.1, 0.15) is 11.6 Å². The number of anilines is 1. The molecule has 0 aliphatic carbocycles. The monoisotopic (exact) mass is 498 g/mol. The molecule has 0 atom stereocenters. The first-order valence-electron chi connectivity index (χ1n) is 12.4. The SMILES string of the molecule is CCN(CC)CCCNc1cc2nc(C=Cc3ccc(C(C)C)cc3)n(CCCl)c(=O)c2cc1F. The highest BCUT2D eigenvalue weighted by Gasteiger charge is 2.13. The molecule has 188 valence electrons. The van der Waals surface area contributed by atoms with Gasteiger partial charge in [-0.2, -0.15) is 0 Å². The largest absolute Gasteiger partial charge is 0.383 e. The van der Waals surface area contributed by atoms with Crippen molar-refractivity contribution in [2.45, 2.75) is 46.6 Å². The zero-order valence-electron chi connectivity index (χ0n) is 21.2. The van der Waals surface area contributed by atoms with Crippen LogP contribution in [-0.2, 0) is 6.54 Å². The summed E-state index contributed by atoms with van der Waals surface area (Å²) >= 11 is 5.97. The Morgan fingerprint density at radius 3 is 2.49 bits per heavy atom. The number of fused-ring (bicyclic) bond motifs is 1. The third-order valence-corrected chi connectivity index (χ3v) is 6.44. The minimum Gasteiger partial charge on any atom is -0.383 e. The summed E-state index contributed by atoms with van der Waals surface area (Å²) in [6, 6.07) is 11.2. The van der Waals surface area contributed by atoms with Gasteiger partial charge in [-0.15, -0.1) is 11.6 Å².